The van der Waals surface area contributed by atoms with Crippen LogP contribution in [0.1, 0.15) is 12.8 Å². The maximum atomic E-state index is 5.11. The van der Waals surface area contributed by atoms with Crippen molar-refractivity contribution in [3.8, 4) is 0 Å². The fraction of sp³-hybridized carbons (Fsp3) is 1.00. The first kappa shape index (κ1) is 16.4. The van der Waals surface area contributed by atoms with Gasteiger partial charge in [-0.25, -0.2) is 5.01 Å². The lowest BCUT2D eigenvalue weighted by Gasteiger charge is -2.09. The van der Waals surface area contributed by atoms with E-state index in [9.17, 15) is 0 Å². The molecule has 3 N–H and O–H groups in total. The molecule has 0 bridgehead atoms. The van der Waals surface area contributed by atoms with Gasteiger partial charge in [-0.1, -0.05) is 0 Å². The molecule has 6 heteroatoms. The van der Waals surface area contributed by atoms with Gasteiger partial charge in [0.15, 0.2) is 0 Å². The van der Waals surface area contributed by atoms with Gasteiger partial charge in [-0.15, -0.1) is 0 Å². The van der Waals surface area contributed by atoms with Crippen LogP contribution in [0.5, 0.6) is 0 Å². The Hall–Kier alpha value is -0.195. The number of hydrogen-bond acceptors (Lipinski definition) is 3. The van der Waals surface area contributed by atoms with E-state index in [1.807, 2.05) is 5.01 Å². The van der Waals surface area contributed by atoms with E-state index in [1.54, 1.807) is 0 Å². The number of nitrogens with one attached hydrogen (secondary N) is 1. The molecule has 1 aliphatic heterocycles. The second kappa shape index (κ2) is 8.80. The van der Waals surface area contributed by atoms with Gasteiger partial charge in [0.1, 0.15) is 0 Å². The van der Waals surface area contributed by atoms with Gasteiger partial charge in [0.05, 0.1) is 8.41 Å². The Morgan fingerprint density at radius 1 is 1.10 bits per heavy atom. The minimum Gasteiger partial charge on any atom is -0.269 e. The maximum Gasteiger partial charge on any atom is 0.0814 e. The van der Waals surface area contributed by atoms with E-state index in [-0.39, 0.29) is 17.8 Å². The average Bonchev–Trinajstić information content (AvgIpc) is 2.14. The summed E-state index contributed by atoms with van der Waals surface area (Å²) in [7, 11) is 0. The maximum absolute atomic E-state index is 5.11. The van der Waals surface area contributed by atoms with Crippen molar-refractivity contribution in [1.82, 2.24) is 10.5 Å². The first-order valence-corrected chi connectivity index (χ1v) is 2.64. The summed E-state index contributed by atoms with van der Waals surface area (Å²) in [6.07, 6.45) is 2.56. The van der Waals surface area contributed by atoms with Crippen molar-refractivity contribution in [3.63, 3.8) is 0 Å². The molecule has 0 aromatic heterocycles. The van der Waals surface area contributed by atoms with E-state index in [0.717, 1.165) is 13.1 Å². The smallest absolute Gasteiger partial charge is 0.0814 e. The molecule has 0 unspecified atom stereocenters. The van der Waals surface area contributed by atoms with Crippen LogP contribution in [0.4, 0.5) is 9.41 Å². The Balaban J connectivity index is -0.000000163. The van der Waals surface area contributed by atoms with E-state index in [2.05, 4.69) is 5.53 Å². The minimum atomic E-state index is 0. The standard InChI is InChI=1S/C4H11N3.BH3.2FH/c5-6-7-3-1-2-4-7;;;/h6H,1-5H2;1H3;2*1H. The number of nitrogens with zero attached hydrogens (tertiary/aromatic N) is 1. The highest BCUT2D eigenvalue weighted by molar-refractivity contribution is 5.75. The van der Waals surface area contributed by atoms with Gasteiger partial charge >= 0.3 is 0 Å². The predicted molar refractivity (Wildman–Crippen MR) is 43.1 cm³/mol. The Morgan fingerprint density at radius 3 is 1.70 bits per heavy atom. The molecule has 0 saturated carbocycles. The first-order valence-electron chi connectivity index (χ1n) is 2.64. The zero-order chi connectivity index (χ0) is 5.11. The SMILES string of the molecule is B.F.F.NNN1CCCC1. The zero-order valence-corrected chi connectivity index (χ0v) is 5.17. The lowest BCUT2D eigenvalue weighted by molar-refractivity contribution is 0.240. The van der Waals surface area contributed by atoms with Gasteiger partial charge in [-0.05, 0) is 12.8 Å². The summed E-state index contributed by atoms with van der Waals surface area (Å²) in [5.41, 5.74) is 2.60. The molecule has 0 radical (unpaired) electrons. The number of rotatable bonds is 1. The van der Waals surface area contributed by atoms with Gasteiger partial charge in [0.25, 0.3) is 0 Å². The summed E-state index contributed by atoms with van der Waals surface area (Å²) in [5, 5.41) is 2.01. The minimum absolute atomic E-state index is 0. The van der Waals surface area contributed by atoms with Crippen molar-refractivity contribution in [3.05, 3.63) is 0 Å². The molecule has 64 valence electrons. The number of nitrogens with two attached hydrogens (primary N) is 1. The van der Waals surface area contributed by atoms with Crippen molar-refractivity contribution in [2.24, 2.45) is 5.84 Å². The lowest BCUT2D eigenvalue weighted by atomic mass is 10.4. The van der Waals surface area contributed by atoms with E-state index < -0.39 is 0 Å². The summed E-state index contributed by atoms with van der Waals surface area (Å²) in [6, 6.07) is 0. The monoisotopic (exact) mass is 155 g/mol. The van der Waals surface area contributed by atoms with Crippen molar-refractivity contribution >= 4 is 8.41 Å². The van der Waals surface area contributed by atoms with Crippen LogP contribution in [-0.2, 0) is 0 Å². The number of hydrazine groups is 2. The molecule has 0 amide bonds. The Kier molecular flexibility index (Phi) is 14.5. The Labute approximate surface area is 61.2 Å². The highest BCUT2D eigenvalue weighted by atomic mass is 19.0. The predicted octanol–water partition coefficient (Wildman–Crippen LogP) is -1.42. The fourth-order valence-electron chi connectivity index (χ4n) is 0.846. The summed E-state index contributed by atoms with van der Waals surface area (Å²) < 4.78 is 0. The molecule has 0 aromatic carbocycles. The fourth-order valence-corrected chi connectivity index (χ4v) is 0.846. The van der Waals surface area contributed by atoms with E-state index in [4.69, 9.17) is 5.84 Å². The van der Waals surface area contributed by atoms with E-state index in [0.29, 0.717) is 0 Å². The second-order valence-corrected chi connectivity index (χ2v) is 1.82. The highest BCUT2D eigenvalue weighted by Crippen LogP contribution is 2.01. The Bertz CT molecular complexity index is 60.5. The Morgan fingerprint density at radius 2 is 1.50 bits per heavy atom. The number of halogens is 2. The van der Waals surface area contributed by atoms with Crippen molar-refractivity contribution in [2.75, 3.05) is 13.1 Å². The molecule has 0 spiro atoms. The van der Waals surface area contributed by atoms with Crippen LogP contribution in [-0.4, -0.2) is 26.5 Å². The van der Waals surface area contributed by atoms with Crippen molar-refractivity contribution < 1.29 is 9.41 Å². The summed E-state index contributed by atoms with van der Waals surface area (Å²) in [5.74, 6) is 5.11. The lowest BCUT2D eigenvalue weighted by Crippen LogP contribution is -2.40. The van der Waals surface area contributed by atoms with Crippen LogP contribution in [0.2, 0.25) is 0 Å². The van der Waals surface area contributed by atoms with Crippen molar-refractivity contribution in [1.29, 1.82) is 0 Å². The zero-order valence-electron chi connectivity index (χ0n) is 5.17. The van der Waals surface area contributed by atoms with Crippen LogP contribution in [0, 0.1) is 0 Å². The van der Waals surface area contributed by atoms with Crippen LogP contribution in [0.3, 0.4) is 0 Å². The first-order chi connectivity index (χ1) is 3.43. The second-order valence-electron chi connectivity index (χ2n) is 1.82. The molecule has 0 aliphatic carbocycles. The van der Waals surface area contributed by atoms with Gasteiger partial charge in [-0.2, -0.15) is 5.53 Å². The highest BCUT2D eigenvalue weighted by Gasteiger charge is 2.07. The average molecular weight is 155 g/mol. The van der Waals surface area contributed by atoms with Gasteiger partial charge in [-0.3, -0.25) is 15.3 Å². The molecular formula is C4H16BF2N3. The molecule has 0 aromatic rings. The van der Waals surface area contributed by atoms with Crippen LogP contribution < -0.4 is 11.4 Å². The van der Waals surface area contributed by atoms with Gasteiger partial charge < -0.3 is 0 Å². The number of hydrogen-bond donors (Lipinski definition) is 2. The van der Waals surface area contributed by atoms with Crippen LogP contribution in [0.25, 0.3) is 0 Å². The third-order valence-corrected chi connectivity index (χ3v) is 1.29. The molecule has 1 heterocycles. The molecule has 1 rings (SSSR count). The molecule has 0 atom stereocenters. The van der Waals surface area contributed by atoms with Crippen molar-refractivity contribution in [2.45, 2.75) is 12.8 Å². The van der Waals surface area contributed by atoms with E-state index in [1.165, 1.54) is 12.8 Å². The summed E-state index contributed by atoms with van der Waals surface area (Å²) in [6.45, 7) is 2.22. The molecule has 1 aliphatic rings. The normalized spacial score (nSPS) is 16.5. The van der Waals surface area contributed by atoms with E-state index >= 15 is 0 Å². The topological polar surface area (TPSA) is 41.3 Å². The molecule has 1 fully saturated rings. The molecule has 3 nitrogen and oxygen atoms in total. The summed E-state index contributed by atoms with van der Waals surface area (Å²) >= 11 is 0. The quantitative estimate of drug-likeness (QED) is 0.277. The molecule has 1 saturated heterocycles. The van der Waals surface area contributed by atoms with Gasteiger partial charge in [0.2, 0.25) is 0 Å². The third-order valence-electron chi connectivity index (χ3n) is 1.29. The molecular weight excluding hydrogens is 139 g/mol. The van der Waals surface area contributed by atoms with Crippen LogP contribution in [0.15, 0.2) is 0 Å². The molecule has 10 heavy (non-hydrogen) atoms. The third kappa shape index (κ3) is 4.66. The summed E-state index contributed by atoms with van der Waals surface area (Å²) in [4.78, 5) is 0. The largest absolute Gasteiger partial charge is 0.269 e. The van der Waals surface area contributed by atoms with Gasteiger partial charge in [0, 0.05) is 13.1 Å². The van der Waals surface area contributed by atoms with Crippen LogP contribution >= 0.6 is 0 Å².